The number of aliphatic hydroxyl groups excluding tert-OH is 2. The van der Waals surface area contributed by atoms with Crippen LogP contribution in [0.4, 0.5) is 10.1 Å². The fourth-order valence-electron chi connectivity index (χ4n) is 5.95. The molecule has 0 aromatic heterocycles. The highest BCUT2D eigenvalue weighted by atomic mass is 19.1. The van der Waals surface area contributed by atoms with E-state index in [0.717, 1.165) is 6.07 Å². The number of phenols is 1. The number of nitrogens with two attached hydrogens (primary N) is 1. The van der Waals surface area contributed by atoms with Crippen LogP contribution in [0.5, 0.6) is 5.75 Å². The molecule has 0 bridgehead atoms. The Hall–Kier alpha value is -3.77. The number of amides is 2. The van der Waals surface area contributed by atoms with Crippen molar-refractivity contribution in [2.24, 2.45) is 17.6 Å². The second kappa shape index (κ2) is 9.45. The molecule has 0 spiro atoms. The van der Waals surface area contributed by atoms with Crippen molar-refractivity contribution in [2.75, 3.05) is 11.9 Å². The van der Waals surface area contributed by atoms with Crippen molar-refractivity contribution < 1.29 is 44.0 Å². The molecule has 1 aromatic carbocycles. The van der Waals surface area contributed by atoms with Gasteiger partial charge in [-0.2, -0.15) is 0 Å². The fourth-order valence-corrected chi connectivity index (χ4v) is 5.95. The van der Waals surface area contributed by atoms with Gasteiger partial charge in [0.15, 0.2) is 17.1 Å². The smallest absolute Gasteiger partial charge is 0.255 e. The molecule has 0 radical (unpaired) electrons. The maximum Gasteiger partial charge on any atom is 0.255 e. The summed E-state index contributed by atoms with van der Waals surface area (Å²) >= 11 is 0. The van der Waals surface area contributed by atoms with Gasteiger partial charge in [-0.05, 0) is 45.4 Å². The molecule has 8 N–H and O–H groups in total. The van der Waals surface area contributed by atoms with Gasteiger partial charge in [-0.3, -0.25) is 19.2 Å². The number of primary amides is 1. The van der Waals surface area contributed by atoms with Gasteiger partial charge in [-0.25, -0.2) is 4.39 Å². The Bertz CT molecular complexity index is 1380. The number of Topliss-reactive ketones (excluding diaryl/α,β-unsaturated/α-hetero) is 2. The number of hydrogen-bond acceptors (Lipinski definition) is 9. The molecule has 4 atom stereocenters. The second-order valence-corrected chi connectivity index (χ2v) is 11.3. The summed E-state index contributed by atoms with van der Waals surface area (Å²) < 4.78 is 15.6. The van der Waals surface area contributed by atoms with E-state index in [4.69, 9.17) is 5.73 Å². The molecule has 1 aromatic rings. The highest BCUT2D eigenvalue weighted by Crippen LogP contribution is 2.57. The van der Waals surface area contributed by atoms with Gasteiger partial charge in [0.1, 0.15) is 22.9 Å². The van der Waals surface area contributed by atoms with Crippen molar-refractivity contribution in [1.29, 1.82) is 0 Å². The summed E-state index contributed by atoms with van der Waals surface area (Å²) in [7, 11) is 0. The van der Waals surface area contributed by atoms with E-state index in [1.54, 1.807) is 6.92 Å². The Balaban J connectivity index is 1.86. The Labute approximate surface area is 223 Å². The zero-order chi connectivity index (χ0) is 29.2. The number of halogens is 1. The zero-order valence-electron chi connectivity index (χ0n) is 22.0. The van der Waals surface area contributed by atoms with Crippen LogP contribution >= 0.6 is 0 Å². The van der Waals surface area contributed by atoms with E-state index < -0.39 is 92.9 Å². The molecule has 0 saturated heterocycles. The van der Waals surface area contributed by atoms with Crippen LogP contribution in [0.25, 0.3) is 5.76 Å². The lowest BCUT2D eigenvalue weighted by atomic mass is 9.56. The molecule has 1 fully saturated rings. The lowest BCUT2D eigenvalue weighted by Gasteiger charge is -2.48. The van der Waals surface area contributed by atoms with E-state index in [1.165, 1.54) is 0 Å². The van der Waals surface area contributed by atoms with E-state index in [0.29, 0.717) is 0 Å². The third-order valence-corrected chi connectivity index (χ3v) is 7.78. The van der Waals surface area contributed by atoms with Crippen molar-refractivity contribution in [1.82, 2.24) is 5.32 Å². The number of anilines is 1. The number of aromatic hydroxyl groups is 1. The molecule has 0 heterocycles. The Morgan fingerprint density at radius 1 is 1.21 bits per heavy atom. The topological polar surface area (TPSA) is 199 Å². The standard InChI is InChI=1S/C27H32FN3O8/c1-5-11-12-6-10-7-15(32)19(25(29)38)24(37)27(10,39)23(36)18(12)22(35)20-17(11)13(28)8-14(21(20)34)31-16(33)9-30-26(2,3)4/h8,10-12,30,34-35,37,39H,5-7,9H2,1-4H3,(H2,29,38)(H,31,33)/t10-,11+,12+,27-/m0/s1. The van der Waals surface area contributed by atoms with Crippen molar-refractivity contribution in [3.05, 3.63) is 39.9 Å². The minimum Gasteiger partial charge on any atom is -0.508 e. The van der Waals surface area contributed by atoms with Crippen molar-refractivity contribution in [2.45, 2.75) is 64.0 Å². The van der Waals surface area contributed by atoms with Crippen LogP contribution in [0.2, 0.25) is 0 Å². The van der Waals surface area contributed by atoms with Crippen molar-refractivity contribution >= 4 is 34.8 Å². The first-order valence-corrected chi connectivity index (χ1v) is 12.6. The maximum absolute atomic E-state index is 15.6. The van der Waals surface area contributed by atoms with Crippen molar-refractivity contribution in [3.8, 4) is 5.75 Å². The molecular formula is C27H32FN3O8. The Morgan fingerprint density at radius 3 is 2.41 bits per heavy atom. The Kier molecular flexibility index (Phi) is 6.85. The third kappa shape index (κ3) is 4.37. The number of nitrogens with one attached hydrogen (secondary N) is 2. The van der Waals surface area contributed by atoms with Gasteiger partial charge in [0.05, 0.1) is 17.8 Å². The molecule has 4 rings (SSSR count). The molecule has 3 aliphatic carbocycles. The number of carbonyl (C=O) groups is 4. The first-order valence-electron chi connectivity index (χ1n) is 12.6. The largest absolute Gasteiger partial charge is 0.508 e. The van der Waals surface area contributed by atoms with Crippen LogP contribution in [-0.4, -0.2) is 61.5 Å². The molecule has 210 valence electrons. The molecular weight excluding hydrogens is 513 g/mol. The van der Waals surface area contributed by atoms with E-state index in [9.17, 15) is 39.6 Å². The fraction of sp³-hybridized carbons (Fsp3) is 0.481. The Morgan fingerprint density at radius 2 is 1.85 bits per heavy atom. The number of aliphatic hydroxyl groups is 3. The summed E-state index contributed by atoms with van der Waals surface area (Å²) in [4.78, 5) is 50.5. The summed E-state index contributed by atoms with van der Waals surface area (Å²) in [5.41, 5.74) is -0.0463. The quantitative estimate of drug-likeness (QED) is 0.213. The lowest BCUT2D eigenvalue weighted by molar-refractivity contribution is -0.148. The molecule has 2 amide bonds. The monoisotopic (exact) mass is 545 g/mol. The average Bonchev–Trinajstić information content (AvgIpc) is 2.82. The number of ketones is 2. The van der Waals surface area contributed by atoms with Crippen LogP contribution in [0.3, 0.4) is 0 Å². The molecule has 0 aliphatic heterocycles. The average molecular weight is 546 g/mol. The van der Waals surface area contributed by atoms with Gasteiger partial charge >= 0.3 is 0 Å². The van der Waals surface area contributed by atoms with Gasteiger partial charge in [-0.1, -0.05) is 6.92 Å². The van der Waals surface area contributed by atoms with Gasteiger partial charge in [0.25, 0.3) is 5.91 Å². The predicted molar refractivity (Wildman–Crippen MR) is 137 cm³/mol. The maximum atomic E-state index is 15.6. The van der Waals surface area contributed by atoms with Crippen LogP contribution in [-0.2, 0) is 19.2 Å². The minimum absolute atomic E-state index is 0.0787. The molecule has 11 nitrogen and oxygen atoms in total. The summed E-state index contributed by atoms with van der Waals surface area (Å²) in [5, 5.41) is 49.8. The summed E-state index contributed by atoms with van der Waals surface area (Å²) in [6, 6.07) is 0.933. The molecule has 39 heavy (non-hydrogen) atoms. The minimum atomic E-state index is -2.73. The number of hydrogen-bond donors (Lipinski definition) is 7. The van der Waals surface area contributed by atoms with Gasteiger partial charge < -0.3 is 36.8 Å². The summed E-state index contributed by atoms with van der Waals surface area (Å²) in [5.74, 6) is -10.3. The zero-order valence-corrected chi connectivity index (χ0v) is 22.0. The van der Waals surface area contributed by atoms with Crippen LogP contribution in [0.15, 0.2) is 23.0 Å². The first kappa shape index (κ1) is 28.2. The van der Waals surface area contributed by atoms with E-state index >= 15 is 4.39 Å². The van der Waals surface area contributed by atoms with Crippen LogP contribution < -0.4 is 16.4 Å². The highest BCUT2D eigenvalue weighted by Gasteiger charge is 2.61. The number of fused-ring (bicyclic) bond motifs is 3. The number of phenolic OH excluding ortho intramolecular Hbond substituents is 1. The summed E-state index contributed by atoms with van der Waals surface area (Å²) in [6.45, 7) is 7.06. The van der Waals surface area contributed by atoms with E-state index in [2.05, 4.69) is 10.6 Å². The SMILES string of the molecule is CC[C@H]1c2c(F)cc(NC(=O)CNC(C)(C)C)c(O)c2C(O)=C2C(=O)[C@]3(O)C(O)=C(C(N)=O)C(=O)C[C@@H]3C[C@@H]21. The summed E-state index contributed by atoms with van der Waals surface area (Å²) in [6.07, 6.45) is -0.342. The molecule has 12 heteroatoms. The van der Waals surface area contributed by atoms with Crippen LogP contribution in [0, 0.1) is 17.7 Å². The van der Waals surface area contributed by atoms with E-state index in [1.807, 2.05) is 20.8 Å². The van der Waals surface area contributed by atoms with Crippen LogP contribution in [0.1, 0.15) is 64.0 Å². The number of carbonyl (C=O) groups excluding carboxylic acids is 4. The first-order chi connectivity index (χ1) is 18.0. The predicted octanol–water partition coefficient (Wildman–Crippen LogP) is 1.84. The molecule has 3 aliphatic rings. The van der Waals surface area contributed by atoms with E-state index in [-0.39, 0.29) is 36.2 Å². The number of benzene rings is 1. The normalized spacial score (nSPS) is 26.7. The third-order valence-electron chi connectivity index (χ3n) is 7.78. The van der Waals surface area contributed by atoms with Crippen molar-refractivity contribution in [3.63, 3.8) is 0 Å². The van der Waals surface area contributed by atoms with Gasteiger partial charge in [-0.15, -0.1) is 0 Å². The van der Waals surface area contributed by atoms with Gasteiger partial charge in [0, 0.05) is 35.1 Å². The van der Waals surface area contributed by atoms with Gasteiger partial charge in [0.2, 0.25) is 11.7 Å². The lowest BCUT2D eigenvalue weighted by Crippen LogP contribution is -2.58. The second-order valence-electron chi connectivity index (χ2n) is 11.3. The highest BCUT2D eigenvalue weighted by molar-refractivity contribution is 6.22. The number of rotatable bonds is 5. The molecule has 1 saturated carbocycles. The molecule has 0 unspecified atom stereocenters.